The van der Waals surface area contributed by atoms with E-state index in [1.54, 1.807) is 30.3 Å². The molecule has 3 rings (SSSR count). The van der Waals surface area contributed by atoms with Gasteiger partial charge in [0.15, 0.2) is 4.34 Å². The standard InChI is InChI=1S/C18H13ClFN3OS2/c19-14-7-3-1-5-12(14)9-10-16(24)21-17-22-23-18(26-17)25-11-13-6-2-4-8-15(13)20/h1-10H,11H2,(H,21,22,24)/b10-9+. The number of rotatable bonds is 6. The summed E-state index contributed by atoms with van der Waals surface area (Å²) in [7, 11) is 0. The molecule has 0 spiro atoms. The van der Waals surface area contributed by atoms with Crippen LogP contribution in [0.3, 0.4) is 0 Å². The fraction of sp³-hybridized carbons (Fsp3) is 0.0556. The summed E-state index contributed by atoms with van der Waals surface area (Å²) in [6.07, 6.45) is 3.02. The number of aromatic nitrogens is 2. The molecule has 26 heavy (non-hydrogen) atoms. The average molecular weight is 406 g/mol. The van der Waals surface area contributed by atoms with Crippen molar-refractivity contribution in [3.05, 3.63) is 76.6 Å². The van der Waals surface area contributed by atoms with Crippen LogP contribution >= 0.6 is 34.7 Å². The summed E-state index contributed by atoms with van der Waals surface area (Å²) >= 11 is 8.64. The molecule has 1 amide bonds. The van der Waals surface area contributed by atoms with Crippen molar-refractivity contribution < 1.29 is 9.18 Å². The van der Waals surface area contributed by atoms with E-state index in [1.807, 2.05) is 18.2 Å². The molecule has 4 nitrogen and oxygen atoms in total. The molecule has 0 unspecified atom stereocenters. The van der Waals surface area contributed by atoms with Gasteiger partial charge in [-0.1, -0.05) is 71.1 Å². The second kappa shape index (κ2) is 8.93. The molecule has 1 N–H and O–H groups in total. The summed E-state index contributed by atoms with van der Waals surface area (Å²) in [5.74, 6) is -0.128. The van der Waals surface area contributed by atoms with E-state index in [9.17, 15) is 9.18 Å². The molecule has 0 saturated heterocycles. The number of hydrogen-bond acceptors (Lipinski definition) is 5. The van der Waals surface area contributed by atoms with Crippen LogP contribution in [0.2, 0.25) is 5.02 Å². The molecule has 0 aliphatic carbocycles. The number of carbonyl (C=O) groups excluding carboxylic acids is 1. The fourth-order valence-corrected chi connectivity index (χ4v) is 3.94. The van der Waals surface area contributed by atoms with Crippen molar-refractivity contribution in [1.29, 1.82) is 0 Å². The molecule has 0 radical (unpaired) electrons. The van der Waals surface area contributed by atoms with Crippen LogP contribution in [0, 0.1) is 5.82 Å². The molecule has 3 aromatic rings. The molecule has 1 heterocycles. The molecule has 8 heteroatoms. The van der Waals surface area contributed by atoms with E-state index < -0.39 is 0 Å². The smallest absolute Gasteiger partial charge is 0.250 e. The molecule has 1 aromatic heterocycles. The highest BCUT2D eigenvalue weighted by Gasteiger charge is 2.09. The molecule has 0 bridgehead atoms. The molecular formula is C18H13ClFN3OS2. The summed E-state index contributed by atoms with van der Waals surface area (Å²) in [5.41, 5.74) is 1.35. The molecule has 0 aliphatic heterocycles. The summed E-state index contributed by atoms with van der Waals surface area (Å²) in [5, 5.41) is 11.5. The number of anilines is 1. The third kappa shape index (κ3) is 5.14. The van der Waals surface area contributed by atoms with Gasteiger partial charge in [-0.15, -0.1) is 10.2 Å². The second-order valence-electron chi connectivity index (χ2n) is 5.10. The Bertz CT molecular complexity index is 945. The van der Waals surface area contributed by atoms with Crippen LogP contribution in [0.15, 0.2) is 58.9 Å². The minimum atomic E-state index is -0.327. The molecule has 2 aromatic carbocycles. The number of thioether (sulfide) groups is 1. The van der Waals surface area contributed by atoms with Gasteiger partial charge in [0.2, 0.25) is 11.0 Å². The highest BCUT2D eigenvalue weighted by Crippen LogP contribution is 2.29. The zero-order chi connectivity index (χ0) is 18.4. The molecule has 0 atom stereocenters. The third-order valence-electron chi connectivity index (χ3n) is 3.27. The van der Waals surface area contributed by atoms with Crippen molar-refractivity contribution in [1.82, 2.24) is 10.2 Å². The van der Waals surface area contributed by atoms with E-state index in [-0.39, 0.29) is 11.7 Å². The highest BCUT2D eigenvalue weighted by molar-refractivity contribution is 8.00. The average Bonchev–Trinajstić information content (AvgIpc) is 3.08. The second-order valence-corrected chi connectivity index (χ2v) is 7.70. The quantitative estimate of drug-likeness (QED) is 0.344. The lowest BCUT2D eigenvalue weighted by molar-refractivity contribution is -0.111. The predicted molar refractivity (Wildman–Crippen MR) is 105 cm³/mol. The molecule has 0 aliphatic rings. The Hall–Kier alpha value is -2.22. The summed E-state index contributed by atoms with van der Waals surface area (Å²) in [6, 6.07) is 13.8. The van der Waals surface area contributed by atoms with Gasteiger partial charge < -0.3 is 0 Å². The first-order valence-corrected chi connectivity index (χ1v) is 9.73. The Morgan fingerprint density at radius 1 is 1.19 bits per heavy atom. The number of amides is 1. The lowest BCUT2D eigenvalue weighted by Crippen LogP contribution is -2.07. The van der Waals surface area contributed by atoms with Crippen LogP contribution in [-0.2, 0) is 10.5 Å². The van der Waals surface area contributed by atoms with Crippen LogP contribution in [0.1, 0.15) is 11.1 Å². The monoisotopic (exact) mass is 405 g/mol. The summed E-state index contributed by atoms with van der Waals surface area (Å²) < 4.78 is 14.3. The van der Waals surface area contributed by atoms with Crippen LogP contribution in [0.25, 0.3) is 6.08 Å². The van der Waals surface area contributed by atoms with Gasteiger partial charge in [-0.3, -0.25) is 10.1 Å². The van der Waals surface area contributed by atoms with Gasteiger partial charge in [-0.2, -0.15) is 0 Å². The van der Waals surface area contributed by atoms with E-state index in [1.165, 1.54) is 35.2 Å². The minimum Gasteiger partial charge on any atom is -0.297 e. The lowest BCUT2D eigenvalue weighted by atomic mass is 10.2. The maximum absolute atomic E-state index is 13.6. The van der Waals surface area contributed by atoms with Gasteiger partial charge in [0.25, 0.3) is 0 Å². The Labute approximate surface area is 163 Å². The summed E-state index contributed by atoms with van der Waals surface area (Å²) in [4.78, 5) is 12.0. The Morgan fingerprint density at radius 2 is 1.96 bits per heavy atom. The number of nitrogens with one attached hydrogen (secondary N) is 1. The van der Waals surface area contributed by atoms with Gasteiger partial charge in [0.1, 0.15) is 5.82 Å². The Morgan fingerprint density at radius 3 is 2.77 bits per heavy atom. The van der Waals surface area contributed by atoms with Crippen molar-refractivity contribution in [3.8, 4) is 0 Å². The van der Waals surface area contributed by atoms with Crippen molar-refractivity contribution in [2.24, 2.45) is 0 Å². The topological polar surface area (TPSA) is 54.9 Å². The highest BCUT2D eigenvalue weighted by atomic mass is 35.5. The first-order valence-electron chi connectivity index (χ1n) is 7.55. The number of hydrogen-bond donors (Lipinski definition) is 1. The number of halogens is 2. The van der Waals surface area contributed by atoms with Gasteiger partial charge in [-0.05, 0) is 29.3 Å². The SMILES string of the molecule is O=C(/C=C/c1ccccc1Cl)Nc1nnc(SCc2ccccc2F)s1. The van der Waals surface area contributed by atoms with Crippen LogP contribution < -0.4 is 5.32 Å². The van der Waals surface area contributed by atoms with Crippen LogP contribution in [0.4, 0.5) is 9.52 Å². The van der Waals surface area contributed by atoms with E-state index in [0.717, 1.165) is 5.56 Å². The van der Waals surface area contributed by atoms with Crippen molar-refractivity contribution >= 4 is 51.8 Å². The van der Waals surface area contributed by atoms with Gasteiger partial charge in [0.05, 0.1) is 0 Å². The number of carbonyl (C=O) groups is 1. The first-order chi connectivity index (χ1) is 12.6. The lowest BCUT2D eigenvalue weighted by Gasteiger charge is -1.99. The van der Waals surface area contributed by atoms with Crippen LogP contribution in [-0.4, -0.2) is 16.1 Å². The van der Waals surface area contributed by atoms with Gasteiger partial charge in [-0.25, -0.2) is 4.39 Å². The number of nitrogens with zero attached hydrogens (tertiary/aromatic N) is 2. The fourth-order valence-electron chi connectivity index (χ4n) is 2.00. The van der Waals surface area contributed by atoms with E-state index in [2.05, 4.69) is 15.5 Å². The number of benzene rings is 2. The van der Waals surface area contributed by atoms with E-state index >= 15 is 0 Å². The van der Waals surface area contributed by atoms with Crippen LogP contribution in [0.5, 0.6) is 0 Å². The normalized spacial score (nSPS) is 11.0. The van der Waals surface area contributed by atoms with Crippen molar-refractivity contribution in [3.63, 3.8) is 0 Å². The zero-order valence-electron chi connectivity index (χ0n) is 13.4. The zero-order valence-corrected chi connectivity index (χ0v) is 15.7. The Kier molecular flexibility index (Phi) is 6.38. The molecule has 0 saturated carbocycles. The maximum atomic E-state index is 13.6. The molecule has 132 valence electrons. The molecular weight excluding hydrogens is 393 g/mol. The van der Waals surface area contributed by atoms with E-state index in [4.69, 9.17) is 11.6 Å². The van der Waals surface area contributed by atoms with Crippen molar-refractivity contribution in [2.45, 2.75) is 10.1 Å². The first kappa shape index (κ1) is 18.6. The molecule has 0 fully saturated rings. The largest absolute Gasteiger partial charge is 0.297 e. The van der Waals surface area contributed by atoms with Gasteiger partial charge >= 0.3 is 0 Å². The van der Waals surface area contributed by atoms with E-state index in [0.29, 0.717) is 25.8 Å². The summed E-state index contributed by atoms with van der Waals surface area (Å²) in [6.45, 7) is 0. The van der Waals surface area contributed by atoms with Crippen molar-refractivity contribution in [2.75, 3.05) is 5.32 Å². The predicted octanol–water partition coefficient (Wildman–Crippen LogP) is 5.27. The maximum Gasteiger partial charge on any atom is 0.250 e. The third-order valence-corrected chi connectivity index (χ3v) is 5.63. The Balaban J connectivity index is 1.55. The minimum absolute atomic E-state index is 0.247. The van der Waals surface area contributed by atoms with Gasteiger partial charge in [0, 0.05) is 16.9 Å².